The highest BCUT2D eigenvalue weighted by Crippen LogP contribution is 2.29. The van der Waals surface area contributed by atoms with Crippen molar-refractivity contribution in [2.75, 3.05) is 6.61 Å². The molecule has 0 aromatic carbocycles. The lowest BCUT2D eigenvalue weighted by atomic mass is 9.40. The Morgan fingerprint density at radius 3 is 2.93 bits per heavy atom. The molecule has 0 fully saturated rings. The van der Waals surface area contributed by atoms with Crippen LogP contribution >= 0.6 is 0 Å². The summed E-state index contributed by atoms with van der Waals surface area (Å²) < 4.78 is 5.63. The third-order valence-corrected chi connectivity index (χ3v) is 2.85. The van der Waals surface area contributed by atoms with Crippen LogP contribution in [0.15, 0.2) is 37.0 Å². The Balaban J connectivity index is 2.60. The third-order valence-electron chi connectivity index (χ3n) is 2.85. The standard InChI is InChI=1S/C13H21BO/c1-4-7-12-9-13(15-6-3)11-14(10-12)8-5-2/h4-5,11-12H,1-2,6-10H2,3H3. The van der Waals surface area contributed by atoms with Crippen LogP contribution in [0.2, 0.25) is 12.6 Å². The molecule has 15 heavy (non-hydrogen) atoms. The third kappa shape index (κ3) is 3.99. The van der Waals surface area contributed by atoms with Crippen LogP contribution in [0, 0.1) is 5.92 Å². The summed E-state index contributed by atoms with van der Waals surface area (Å²) in [7, 11) is 0. The second-order valence-electron chi connectivity index (χ2n) is 4.18. The van der Waals surface area contributed by atoms with Crippen molar-refractivity contribution in [2.45, 2.75) is 32.4 Å². The van der Waals surface area contributed by atoms with Crippen molar-refractivity contribution in [2.24, 2.45) is 5.92 Å². The van der Waals surface area contributed by atoms with E-state index in [0.717, 1.165) is 25.8 Å². The van der Waals surface area contributed by atoms with Crippen molar-refractivity contribution < 1.29 is 4.74 Å². The van der Waals surface area contributed by atoms with Gasteiger partial charge in [-0.05, 0) is 19.3 Å². The molecule has 0 spiro atoms. The molecule has 0 radical (unpaired) electrons. The van der Waals surface area contributed by atoms with E-state index < -0.39 is 0 Å². The van der Waals surface area contributed by atoms with Crippen LogP contribution < -0.4 is 0 Å². The van der Waals surface area contributed by atoms with Crippen molar-refractivity contribution in [3.8, 4) is 0 Å². The summed E-state index contributed by atoms with van der Waals surface area (Å²) in [4.78, 5) is 0. The molecule has 1 aliphatic heterocycles. The summed E-state index contributed by atoms with van der Waals surface area (Å²) in [6.45, 7) is 11.1. The largest absolute Gasteiger partial charge is 0.499 e. The van der Waals surface area contributed by atoms with Crippen LogP contribution in [0.4, 0.5) is 0 Å². The molecular formula is C13H21BO. The molecule has 1 heterocycles. The van der Waals surface area contributed by atoms with Crippen molar-refractivity contribution in [1.82, 2.24) is 0 Å². The second kappa shape index (κ2) is 6.55. The van der Waals surface area contributed by atoms with Gasteiger partial charge in [-0.2, -0.15) is 0 Å². The van der Waals surface area contributed by atoms with Crippen LogP contribution in [0.25, 0.3) is 0 Å². The van der Waals surface area contributed by atoms with E-state index in [0.29, 0.717) is 12.6 Å². The van der Waals surface area contributed by atoms with E-state index >= 15 is 0 Å². The maximum absolute atomic E-state index is 5.63. The van der Waals surface area contributed by atoms with Crippen molar-refractivity contribution >= 4 is 6.71 Å². The van der Waals surface area contributed by atoms with E-state index in [1.807, 2.05) is 19.1 Å². The Hall–Kier alpha value is -0.915. The number of ether oxygens (including phenoxy) is 1. The molecule has 1 atom stereocenters. The predicted molar refractivity (Wildman–Crippen MR) is 68.2 cm³/mol. The average Bonchev–Trinajstić information content (AvgIpc) is 2.19. The van der Waals surface area contributed by atoms with E-state index in [1.54, 1.807) is 0 Å². The van der Waals surface area contributed by atoms with Gasteiger partial charge in [0.15, 0.2) is 6.71 Å². The molecule has 1 nitrogen and oxygen atoms in total. The summed E-state index contributed by atoms with van der Waals surface area (Å²) >= 11 is 0. The first kappa shape index (κ1) is 12.2. The lowest BCUT2D eigenvalue weighted by Gasteiger charge is -2.25. The first-order chi connectivity index (χ1) is 7.30. The zero-order valence-corrected chi connectivity index (χ0v) is 9.74. The van der Waals surface area contributed by atoms with Gasteiger partial charge < -0.3 is 4.74 Å². The highest BCUT2D eigenvalue weighted by Gasteiger charge is 2.23. The number of rotatable bonds is 6. The summed E-state index contributed by atoms with van der Waals surface area (Å²) in [5.41, 5.74) is 0. The Bertz CT molecular complexity index is 245. The number of allylic oxidation sites excluding steroid dienone is 3. The quantitative estimate of drug-likeness (QED) is 0.473. The van der Waals surface area contributed by atoms with Crippen LogP contribution in [0.5, 0.6) is 0 Å². The molecule has 0 amide bonds. The van der Waals surface area contributed by atoms with Gasteiger partial charge in [-0.25, -0.2) is 0 Å². The Morgan fingerprint density at radius 2 is 2.33 bits per heavy atom. The van der Waals surface area contributed by atoms with Crippen molar-refractivity contribution in [1.29, 1.82) is 0 Å². The molecule has 0 aromatic heterocycles. The van der Waals surface area contributed by atoms with Gasteiger partial charge in [-0.1, -0.05) is 30.8 Å². The summed E-state index contributed by atoms with van der Waals surface area (Å²) in [5, 5.41) is 0. The molecule has 0 N–H and O–H groups in total. The second-order valence-corrected chi connectivity index (χ2v) is 4.18. The first-order valence-corrected chi connectivity index (χ1v) is 5.85. The van der Waals surface area contributed by atoms with Gasteiger partial charge in [-0.15, -0.1) is 13.2 Å². The van der Waals surface area contributed by atoms with E-state index in [1.165, 1.54) is 12.1 Å². The van der Waals surface area contributed by atoms with E-state index in [2.05, 4.69) is 19.1 Å². The molecule has 0 saturated carbocycles. The Morgan fingerprint density at radius 1 is 1.53 bits per heavy atom. The molecule has 1 rings (SSSR count). The van der Waals surface area contributed by atoms with Gasteiger partial charge in [0.1, 0.15) is 0 Å². The zero-order chi connectivity index (χ0) is 11.1. The fourth-order valence-electron chi connectivity index (χ4n) is 2.28. The zero-order valence-electron chi connectivity index (χ0n) is 9.74. The minimum absolute atomic E-state index is 0.614. The predicted octanol–water partition coefficient (Wildman–Crippen LogP) is 3.72. The topological polar surface area (TPSA) is 9.23 Å². The lowest BCUT2D eigenvalue weighted by Crippen LogP contribution is -2.21. The maximum Gasteiger partial charge on any atom is 0.174 e. The Labute approximate surface area is 94.0 Å². The van der Waals surface area contributed by atoms with Gasteiger partial charge in [0, 0.05) is 6.42 Å². The molecule has 82 valence electrons. The van der Waals surface area contributed by atoms with Gasteiger partial charge >= 0.3 is 0 Å². The van der Waals surface area contributed by atoms with E-state index in [9.17, 15) is 0 Å². The fourth-order valence-corrected chi connectivity index (χ4v) is 2.28. The van der Waals surface area contributed by atoms with Gasteiger partial charge in [0.2, 0.25) is 0 Å². The van der Waals surface area contributed by atoms with Crippen LogP contribution in [-0.4, -0.2) is 13.3 Å². The normalized spacial score (nSPS) is 20.7. The highest BCUT2D eigenvalue weighted by atomic mass is 16.5. The summed E-state index contributed by atoms with van der Waals surface area (Å²) in [5.74, 6) is 4.16. The van der Waals surface area contributed by atoms with Crippen LogP contribution in [0.1, 0.15) is 19.8 Å². The molecule has 2 heteroatoms. The molecular weight excluding hydrogens is 183 g/mol. The van der Waals surface area contributed by atoms with Crippen molar-refractivity contribution in [3.63, 3.8) is 0 Å². The molecule has 1 unspecified atom stereocenters. The van der Waals surface area contributed by atoms with E-state index in [-0.39, 0.29) is 0 Å². The van der Waals surface area contributed by atoms with Crippen LogP contribution in [-0.2, 0) is 4.74 Å². The molecule has 0 saturated heterocycles. The van der Waals surface area contributed by atoms with Gasteiger partial charge in [0.25, 0.3) is 0 Å². The summed E-state index contributed by atoms with van der Waals surface area (Å²) in [6, 6.07) is 0. The molecule has 1 aliphatic rings. The summed E-state index contributed by atoms with van der Waals surface area (Å²) in [6.07, 6.45) is 8.50. The molecule has 0 aliphatic carbocycles. The number of hydrogen-bond acceptors (Lipinski definition) is 1. The van der Waals surface area contributed by atoms with Crippen molar-refractivity contribution in [3.05, 3.63) is 37.0 Å². The highest BCUT2D eigenvalue weighted by molar-refractivity contribution is 6.65. The fraction of sp³-hybridized carbons (Fsp3) is 0.538. The maximum atomic E-state index is 5.63. The lowest BCUT2D eigenvalue weighted by molar-refractivity contribution is 0.207. The molecule has 0 aromatic rings. The molecule has 0 bridgehead atoms. The number of hydrogen-bond donors (Lipinski definition) is 0. The minimum atomic E-state index is 0.614. The minimum Gasteiger partial charge on any atom is -0.499 e. The average molecular weight is 204 g/mol. The Kier molecular flexibility index (Phi) is 5.31. The van der Waals surface area contributed by atoms with Gasteiger partial charge in [0.05, 0.1) is 12.4 Å². The van der Waals surface area contributed by atoms with Crippen LogP contribution in [0.3, 0.4) is 0 Å². The first-order valence-electron chi connectivity index (χ1n) is 5.85. The van der Waals surface area contributed by atoms with E-state index in [4.69, 9.17) is 4.74 Å². The monoisotopic (exact) mass is 204 g/mol. The van der Waals surface area contributed by atoms with Gasteiger partial charge in [-0.3, -0.25) is 0 Å². The SMILES string of the molecule is C=CCB1C=C(OCC)CC(CC=C)C1. The smallest absolute Gasteiger partial charge is 0.174 e.